The Morgan fingerprint density at radius 2 is 2.18 bits per heavy atom. The van der Waals surface area contributed by atoms with Gasteiger partial charge in [0.1, 0.15) is 0 Å². The lowest BCUT2D eigenvalue weighted by Gasteiger charge is -2.17. The van der Waals surface area contributed by atoms with E-state index in [2.05, 4.69) is 17.4 Å². The number of rotatable bonds is 4. The molecule has 1 aromatic rings. The maximum absolute atomic E-state index is 6.03. The Kier molecular flexibility index (Phi) is 4.01. The van der Waals surface area contributed by atoms with Gasteiger partial charge in [0.05, 0.1) is 6.54 Å². The summed E-state index contributed by atoms with van der Waals surface area (Å²) < 4.78 is 0. The number of hydrogen-bond acceptors (Lipinski definition) is 4. The summed E-state index contributed by atoms with van der Waals surface area (Å²) in [5.74, 6) is 6.36. The van der Waals surface area contributed by atoms with Gasteiger partial charge in [-0.3, -0.25) is 0 Å². The van der Waals surface area contributed by atoms with Crippen LogP contribution in [-0.2, 0) is 6.54 Å². The molecule has 0 radical (unpaired) electrons. The molecule has 1 fully saturated rings. The van der Waals surface area contributed by atoms with Crippen LogP contribution in [0, 0.1) is 5.92 Å². The second kappa shape index (κ2) is 5.70. The monoisotopic (exact) mass is 232 g/mol. The van der Waals surface area contributed by atoms with Crippen molar-refractivity contribution in [1.29, 1.82) is 0 Å². The van der Waals surface area contributed by atoms with Crippen LogP contribution in [0.2, 0.25) is 0 Å². The van der Waals surface area contributed by atoms with Crippen LogP contribution in [0.5, 0.6) is 0 Å². The lowest BCUT2D eigenvalue weighted by molar-refractivity contribution is 0.378. The standard InChI is InChI=1S/C13H20N4/c14-13(12-6-7-16-8-12)10-17(15)9-11-4-2-1-3-5-11/h1-5,10,12,16H,6-9,14-15H2/b13-10-. The molecule has 5 N–H and O–H groups in total. The highest BCUT2D eigenvalue weighted by atomic mass is 15.4. The molecule has 1 aliphatic rings. The quantitative estimate of drug-likeness (QED) is 0.530. The highest BCUT2D eigenvalue weighted by Gasteiger charge is 2.17. The van der Waals surface area contributed by atoms with Crippen molar-refractivity contribution in [2.24, 2.45) is 17.5 Å². The first-order valence-corrected chi connectivity index (χ1v) is 5.99. The molecular weight excluding hydrogens is 212 g/mol. The van der Waals surface area contributed by atoms with Crippen molar-refractivity contribution in [3.8, 4) is 0 Å². The van der Waals surface area contributed by atoms with Gasteiger partial charge in [-0.15, -0.1) is 0 Å². The Hall–Kier alpha value is -1.52. The third-order valence-corrected chi connectivity index (χ3v) is 3.05. The smallest absolute Gasteiger partial charge is 0.0586 e. The van der Waals surface area contributed by atoms with Gasteiger partial charge in [0.2, 0.25) is 0 Å². The zero-order valence-corrected chi connectivity index (χ0v) is 9.97. The van der Waals surface area contributed by atoms with Gasteiger partial charge in [0.15, 0.2) is 0 Å². The molecule has 0 spiro atoms. The fourth-order valence-electron chi connectivity index (χ4n) is 2.08. The SMILES string of the molecule is N/C(=C\N(N)Cc1ccccc1)C1CCNC1. The minimum Gasteiger partial charge on any atom is -0.401 e. The van der Waals surface area contributed by atoms with E-state index in [4.69, 9.17) is 11.6 Å². The summed E-state index contributed by atoms with van der Waals surface area (Å²) in [6, 6.07) is 10.1. The highest BCUT2D eigenvalue weighted by molar-refractivity contribution is 5.15. The van der Waals surface area contributed by atoms with Crippen molar-refractivity contribution in [1.82, 2.24) is 10.3 Å². The predicted octanol–water partition coefficient (Wildman–Crippen LogP) is 0.772. The fourth-order valence-corrected chi connectivity index (χ4v) is 2.08. The maximum Gasteiger partial charge on any atom is 0.0586 e. The van der Waals surface area contributed by atoms with E-state index in [1.807, 2.05) is 24.4 Å². The molecule has 0 aliphatic carbocycles. The first-order chi connectivity index (χ1) is 8.25. The molecule has 1 heterocycles. The van der Waals surface area contributed by atoms with Crippen LogP contribution in [0.15, 0.2) is 42.2 Å². The second-order valence-electron chi connectivity index (χ2n) is 4.48. The minimum absolute atomic E-state index is 0.428. The summed E-state index contributed by atoms with van der Waals surface area (Å²) in [6.07, 6.45) is 2.95. The molecule has 92 valence electrons. The van der Waals surface area contributed by atoms with E-state index in [1.54, 1.807) is 5.01 Å². The van der Waals surface area contributed by atoms with E-state index in [-0.39, 0.29) is 0 Å². The van der Waals surface area contributed by atoms with Crippen molar-refractivity contribution in [2.75, 3.05) is 13.1 Å². The molecule has 0 bridgehead atoms. The number of hydrogen-bond donors (Lipinski definition) is 3. The number of nitrogens with one attached hydrogen (secondary N) is 1. The zero-order chi connectivity index (χ0) is 12.1. The summed E-state index contributed by atoms with van der Waals surface area (Å²) >= 11 is 0. The van der Waals surface area contributed by atoms with Crippen molar-refractivity contribution in [2.45, 2.75) is 13.0 Å². The summed E-state index contributed by atoms with van der Waals surface area (Å²) in [5.41, 5.74) is 8.09. The second-order valence-corrected chi connectivity index (χ2v) is 4.48. The van der Waals surface area contributed by atoms with Crippen molar-refractivity contribution >= 4 is 0 Å². The Morgan fingerprint density at radius 1 is 1.41 bits per heavy atom. The molecule has 1 aromatic carbocycles. The van der Waals surface area contributed by atoms with Crippen molar-refractivity contribution in [3.63, 3.8) is 0 Å². The molecule has 1 saturated heterocycles. The van der Waals surface area contributed by atoms with Crippen LogP contribution in [0.3, 0.4) is 0 Å². The van der Waals surface area contributed by atoms with E-state index in [0.717, 1.165) is 25.2 Å². The first kappa shape index (κ1) is 12.0. The van der Waals surface area contributed by atoms with Gasteiger partial charge in [-0.25, -0.2) is 5.84 Å². The Morgan fingerprint density at radius 3 is 2.82 bits per heavy atom. The van der Waals surface area contributed by atoms with Gasteiger partial charge in [0.25, 0.3) is 0 Å². The topological polar surface area (TPSA) is 67.3 Å². The zero-order valence-electron chi connectivity index (χ0n) is 9.97. The lowest BCUT2D eigenvalue weighted by Crippen LogP contribution is -2.27. The Balaban J connectivity index is 1.91. The van der Waals surface area contributed by atoms with Gasteiger partial charge in [-0.05, 0) is 18.5 Å². The van der Waals surface area contributed by atoms with Gasteiger partial charge in [-0.2, -0.15) is 0 Å². The summed E-state index contributed by atoms with van der Waals surface area (Å²) in [6.45, 7) is 2.69. The highest BCUT2D eigenvalue weighted by Crippen LogP contribution is 2.14. The van der Waals surface area contributed by atoms with E-state index >= 15 is 0 Å². The number of benzene rings is 1. The van der Waals surface area contributed by atoms with Crippen molar-refractivity contribution < 1.29 is 0 Å². The molecule has 0 amide bonds. The van der Waals surface area contributed by atoms with Gasteiger partial charge in [-0.1, -0.05) is 30.3 Å². The van der Waals surface area contributed by atoms with Crippen LogP contribution < -0.4 is 16.9 Å². The van der Waals surface area contributed by atoms with Gasteiger partial charge < -0.3 is 16.1 Å². The maximum atomic E-state index is 6.03. The molecule has 2 rings (SSSR count). The fraction of sp³-hybridized carbons (Fsp3) is 0.385. The predicted molar refractivity (Wildman–Crippen MR) is 69.4 cm³/mol. The van der Waals surface area contributed by atoms with E-state index in [0.29, 0.717) is 12.5 Å². The summed E-state index contributed by atoms with van der Waals surface area (Å²) in [5, 5.41) is 4.95. The van der Waals surface area contributed by atoms with E-state index < -0.39 is 0 Å². The van der Waals surface area contributed by atoms with Gasteiger partial charge in [0, 0.05) is 24.4 Å². The minimum atomic E-state index is 0.428. The Bertz CT molecular complexity index is 368. The van der Waals surface area contributed by atoms with Crippen LogP contribution >= 0.6 is 0 Å². The van der Waals surface area contributed by atoms with Crippen LogP contribution in [-0.4, -0.2) is 18.1 Å². The largest absolute Gasteiger partial charge is 0.401 e. The molecule has 1 aliphatic heterocycles. The Labute approximate surface area is 102 Å². The van der Waals surface area contributed by atoms with E-state index in [9.17, 15) is 0 Å². The lowest BCUT2D eigenvalue weighted by atomic mass is 10.1. The van der Waals surface area contributed by atoms with Crippen molar-refractivity contribution in [3.05, 3.63) is 47.8 Å². The van der Waals surface area contributed by atoms with Crippen LogP contribution in [0.4, 0.5) is 0 Å². The molecule has 0 aromatic heterocycles. The summed E-state index contributed by atoms with van der Waals surface area (Å²) in [7, 11) is 0. The average Bonchev–Trinajstić information content (AvgIpc) is 2.83. The summed E-state index contributed by atoms with van der Waals surface area (Å²) in [4.78, 5) is 0. The normalized spacial score (nSPS) is 20.5. The molecule has 17 heavy (non-hydrogen) atoms. The molecule has 4 heteroatoms. The number of nitrogens with two attached hydrogens (primary N) is 2. The molecule has 1 unspecified atom stereocenters. The molecule has 1 atom stereocenters. The number of nitrogens with zero attached hydrogens (tertiary/aromatic N) is 1. The number of hydrazine groups is 1. The van der Waals surface area contributed by atoms with E-state index in [1.165, 1.54) is 5.56 Å². The van der Waals surface area contributed by atoms with Crippen LogP contribution in [0.25, 0.3) is 0 Å². The first-order valence-electron chi connectivity index (χ1n) is 5.99. The van der Waals surface area contributed by atoms with Gasteiger partial charge >= 0.3 is 0 Å². The molecular formula is C13H20N4. The molecule has 4 nitrogen and oxygen atoms in total. The van der Waals surface area contributed by atoms with Crippen LogP contribution in [0.1, 0.15) is 12.0 Å². The third kappa shape index (κ3) is 3.47. The third-order valence-electron chi connectivity index (χ3n) is 3.05. The molecule has 0 saturated carbocycles. The average molecular weight is 232 g/mol.